The van der Waals surface area contributed by atoms with E-state index in [1.807, 2.05) is 45.9 Å². The van der Waals surface area contributed by atoms with Crippen molar-refractivity contribution in [2.45, 2.75) is 39.7 Å². The highest BCUT2D eigenvalue weighted by atomic mass is 79.9. The number of aryl methyl sites for hydroxylation is 1. The van der Waals surface area contributed by atoms with Gasteiger partial charge in [-0.15, -0.1) is 0 Å². The van der Waals surface area contributed by atoms with Crippen LogP contribution in [0.5, 0.6) is 0 Å². The molecule has 1 atom stereocenters. The molecule has 6 heteroatoms. The molecule has 2 rings (SSSR count). The summed E-state index contributed by atoms with van der Waals surface area (Å²) in [7, 11) is 0. The van der Waals surface area contributed by atoms with Gasteiger partial charge in [0, 0.05) is 29.7 Å². The Hall–Kier alpha value is -1.56. The first-order valence-electron chi connectivity index (χ1n) is 8.18. The number of ether oxygens (including phenoxy) is 1. The van der Waals surface area contributed by atoms with Crippen molar-refractivity contribution < 1.29 is 14.3 Å². The van der Waals surface area contributed by atoms with Crippen molar-refractivity contribution in [1.29, 1.82) is 0 Å². The number of nitrogens with one attached hydrogen (secondary N) is 1. The highest BCUT2D eigenvalue weighted by Gasteiger charge is 2.29. The van der Waals surface area contributed by atoms with Gasteiger partial charge >= 0.3 is 6.09 Å². The molecule has 24 heavy (non-hydrogen) atoms. The van der Waals surface area contributed by atoms with Crippen molar-refractivity contribution >= 4 is 27.9 Å². The lowest BCUT2D eigenvalue weighted by atomic mass is 10.1. The van der Waals surface area contributed by atoms with Crippen LogP contribution in [0, 0.1) is 12.8 Å². The number of carbonyl (C=O) groups excluding carboxylic acids is 2. The first-order valence-corrected chi connectivity index (χ1v) is 8.97. The average Bonchev–Trinajstić information content (AvgIpc) is 2.92. The second kappa shape index (κ2) is 7.55. The number of hydrogen-bond acceptors (Lipinski definition) is 3. The summed E-state index contributed by atoms with van der Waals surface area (Å²) in [6.45, 7) is 9.35. The van der Waals surface area contributed by atoms with E-state index in [0.717, 1.165) is 16.5 Å². The molecule has 1 N–H and O–H groups in total. The van der Waals surface area contributed by atoms with Crippen molar-refractivity contribution in [2.75, 3.05) is 19.6 Å². The highest BCUT2D eigenvalue weighted by molar-refractivity contribution is 9.10. The molecule has 1 aliphatic rings. The van der Waals surface area contributed by atoms with Gasteiger partial charge in [0.25, 0.3) is 5.91 Å². The molecular weight excluding hydrogens is 372 g/mol. The minimum absolute atomic E-state index is 0.0734. The van der Waals surface area contributed by atoms with Gasteiger partial charge in [-0.05, 0) is 63.8 Å². The molecular formula is C18H25BrN2O3. The van der Waals surface area contributed by atoms with Gasteiger partial charge in [0.1, 0.15) is 5.60 Å². The fourth-order valence-electron chi connectivity index (χ4n) is 2.71. The van der Waals surface area contributed by atoms with E-state index >= 15 is 0 Å². The summed E-state index contributed by atoms with van der Waals surface area (Å²) in [5.74, 6) is 0.188. The third-order valence-electron chi connectivity index (χ3n) is 3.92. The van der Waals surface area contributed by atoms with Crippen LogP contribution < -0.4 is 5.32 Å². The molecule has 1 aliphatic heterocycles. The van der Waals surface area contributed by atoms with E-state index in [-0.39, 0.29) is 17.9 Å². The lowest BCUT2D eigenvalue weighted by Gasteiger charge is -2.24. The van der Waals surface area contributed by atoms with Crippen molar-refractivity contribution in [3.8, 4) is 0 Å². The Labute approximate surface area is 151 Å². The van der Waals surface area contributed by atoms with Gasteiger partial charge in [-0.3, -0.25) is 4.79 Å². The molecule has 0 aliphatic carbocycles. The molecule has 132 valence electrons. The van der Waals surface area contributed by atoms with E-state index in [1.165, 1.54) is 0 Å². The SMILES string of the molecule is Cc1cc(Br)ccc1C(=O)NC[C@@H]1CCN(C(=O)OC(C)(C)C)C1. The number of amides is 2. The van der Waals surface area contributed by atoms with Crippen molar-refractivity contribution in [2.24, 2.45) is 5.92 Å². The van der Waals surface area contributed by atoms with Crippen LogP contribution in [0.1, 0.15) is 43.1 Å². The minimum Gasteiger partial charge on any atom is -0.444 e. The first kappa shape index (κ1) is 18.8. The topological polar surface area (TPSA) is 58.6 Å². The van der Waals surface area contributed by atoms with Crippen LogP contribution in [-0.4, -0.2) is 42.1 Å². The number of nitrogens with zero attached hydrogens (tertiary/aromatic N) is 1. The number of halogens is 1. The Kier molecular flexibility index (Phi) is 5.91. The maximum atomic E-state index is 12.3. The molecule has 0 unspecified atom stereocenters. The minimum atomic E-state index is -0.484. The van der Waals surface area contributed by atoms with E-state index < -0.39 is 5.60 Å². The maximum Gasteiger partial charge on any atom is 0.410 e. The zero-order valence-corrected chi connectivity index (χ0v) is 16.3. The molecule has 0 radical (unpaired) electrons. The van der Waals surface area contributed by atoms with Gasteiger partial charge in [0.05, 0.1) is 0 Å². The number of carbonyl (C=O) groups is 2. The van der Waals surface area contributed by atoms with Gasteiger partial charge in [0.15, 0.2) is 0 Å². The zero-order valence-electron chi connectivity index (χ0n) is 14.7. The monoisotopic (exact) mass is 396 g/mol. The Morgan fingerprint density at radius 1 is 1.38 bits per heavy atom. The van der Waals surface area contributed by atoms with E-state index in [0.29, 0.717) is 25.2 Å². The summed E-state index contributed by atoms with van der Waals surface area (Å²) in [5, 5.41) is 2.98. The van der Waals surface area contributed by atoms with Crippen LogP contribution in [-0.2, 0) is 4.74 Å². The second-order valence-corrected chi connectivity index (χ2v) is 8.17. The summed E-state index contributed by atoms with van der Waals surface area (Å²) >= 11 is 3.40. The lowest BCUT2D eigenvalue weighted by Crippen LogP contribution is -2.36. The van der Waals surface area contributed by atoms with Crippen LogP contribution in [0.15, 0.2) is 22.7 Å². The molecule has 1 aromatic rings. The van der Waals surface area contributed by atoms with Gasteiger partial charge in [-0.1, -0.05) is 15.9 Å². The average molecular weight is 397 g/mol. The van der Waals surface area contributed by atoms with E-state index in [9.17, 15) is 9.59 Å². The summed E-state index contributed by atoms with van der Waals surface area (Å²) in [6, 6.07) is 5.60. The fraction of sp³-hybridized carbons (Fsp3) is 0.556. The molecule has 2 amide bonds. The largest absolute Gasteiger partial charge is 0.444 e. The Bertz CT molecular complexity index is 625. The summed E-state index contributed by atoms with van der Waals surface area (Å²) in [4.78, 5) is 26.1. The third-order valence-corrected chi connectivity index (χ3v) is 4.42. The maximum absolute atomic E-state index is 12.3. The lowest BCUT2D eigenvalue weighted by molar-refractivity contribution is 0.0288. The van der Waals surface area contributed by atoms with Crippen LogP contribution >= 0.6 is 15.9 Å². The van der Waals surface area contributed by atoms with E-state index in [2.05, 4.69) is 21.2 Å². The van der Waals surface area contributed by atoms with E-state index in [1.54, 1.807) is 4.90 Å². The molecule has 1 fully saturated rings. The Morgan fingerprint density at radius 3 is 2.71 bits per heavy atom. The fourth-order valence-corrected chi connectivity index (χ4v) is 3.18. The number of hydrogen-bond donors (Lipinski definition) is 1. The van der Waals surface area contributed by atoms with Gasteiger partial charge in [0.2, 0.25) is 0 Å². The zero-order chi connectivity index (χ0) is 17.9. The number of benzene rings is 1. The molecule has 0 bridgehead atoms. The molecule has 0 aromatic heterocycles. The predicted molar refractivity (Wildman–Crippen MR) is 97.1 cm³/mol. The van der Waals surface area contributed by atoms with Gasteiger partial charge < -0.3 is 15.0 Å². The summed E-state index contributed by atoms with van der Waals surface area (Å²) in [5.41, 5.74) is 1.13. The van der Waals surface area contributed by atoms with E-state index in [4.69, 9.17) is 4.74 Å². The third kappa shape index (κ3) is 5.23. The van der Waals surface area contributed by atoms with Crippen LogP contribution in [0.4, 0.5) is 4.79 Å². The molecule has 1 saturated heterocycles. The quantitative estimate of drug-likeness (QED) is 0.846. The van der Waals surface area contributed by atoms with Crippen LogP contribution in [0.2, 0.25) is 0 Å². The second-order valence-electron chi connectivity index (χ2n) is 7.25. The summed E-state index contributed by atoms with van der Waals surface area (Å²) in [6.07, 6.45) is 0.596. The van der Waals surface area contributed by atoms with Gasteiger partial charge in [-0.25, -0.2) is 4.79 Å². The normalized spacial score (nSPS) is 17.7. The van der Waals surface area contributed by atoms with Crippen LogP contribution in [0.3, 0.4) is 0 Å². The van der Waals surface area contributed by atoms with Crippen LogP contribution in [0.25, 0.3) is 0 Å². The standard InChI is InChI=1S/C18H25BrN2O3/c1-12-9-14(19)5-6-15(12)16(22)20-10-13-7-8-21(11-13)17(23)24-18(2,3)4/h5-6,9,13H,7-8,10-11H2,1-4H3,(H,20,22)/t13-/m0/s1. The van der Waals surface area contributed by atoms with Crippen molar-refractivity contribution in [3.63, 3.8) is 0 Å². The molecule has 5 nitrogen and oxygen atoms in total. The number of rotatable bonds is 3. The van der Waals surface area contributed by atoms with Gasteiger partial charge in [-0.2, -0.15) is 0 Å². The first-order chi connectivity index (χ1) is 11.2. The molecule has 0 spiro atoms. The molecule has 1 aromatic carbocycles. The Balaban J connectivity index is 1.83. The number of likely N-dealkylation sites (tertiary alicyclic amines) is 1. The summed E-state index contributed by atoms with van der Waals surface area (Å²) < 4.78 is 6.35. The van der Waals surface area contributed by atoms with Crippen molar-refractivity contribution in [1.82, 2.24) is 10.2 Å². The Morgan fingerprint density at radius 2 is 2.08 bits per heavy atom. The highest BCUT2D eigenvalue weighted by Crippen LogP contribution is 2.20. The predicted octanol–water partition coefficient (Wildman–Crippen LogP) is 3.74. The molecule has 0 saturated carbocycles. The van der Waals surface area contributed by atoms with Crippen molar-refractivity contribution in [3.05, 3.63) is 33.8 Å². The molecule has 1 heterocycles. The smallest absolute Gasteiger partial charge is 0.410 e.